The lowest BCUT2D eigenvalue weighted by Gasteiger charge is -2.26. The smallest absolute Gasteiger partial charge is 0.338 e. The van der Waals surface area contributed by atoms with Crippen molar-refractivity contribution >= 4 is 29.2 Å². The molecule has 1 saturated carbocycles. The van der Waals surface area contributed by atoms with Crippen molar-refractivity contribution in [3.8, 4) is 0 Å². The molecule has 9 heteroatoms. The number of anilines is 3. The molecule has 9 nitrogen and oxygen atoms in total. The number of carbonyl (C=O) groups excluding carboxylic acids is 1. The number of benzene rings is 1. The Kier molecular flexibility index (Phi) is 5.57. The van der Waals surface area contributed by atoms with Crippen molar-refractivity contribution in [3.05, 3.63) is 42.1 Å². The van der Waals surface area contributed by atoms with Crippen LogP contribution in [-0.4, -0.2) is 49.4 Å². The highest BCUT2D eigenvalue weighted by Gasteiger charge is 2.20. The van der Waals surface area contributed by atoms with E-state index in [9.17, 15) is 9.90 Å². The Morgan fingerprint density at radius 1 is 1.28 bits per heavy atom. The van der Waals surface area contributed by atoms with Gasteiger partial charge in [-0.2, -0.15) is 9.50 Å². The Morgan fingerprint density at radius 3 is 2.90 bits per heavy atom. The molecule has 1 aliphatic rings. The van der Waals surface area contributed by atoms with Gasteiger partial charge in [-0.3, -0.25) is 0 Å². The first kappa shape index (κ1) is 19.1. The number of nitrogens with zero attached hydrogens (tertiary/aromatic N) is 4. The van der Waals surface area contributed by atoms with Crippen LogP contribution in [0.1, 0.15) is 43.0 Å². The third kappa shape index (κ3) is 4.45. The molecular formula is C20H24N6O3. The number of fused-ring (bicyclic) bond motifs is 1. The summed E-state index contributed by atoms with van der Waals surface area (Å²) in [5.74, 6) is 0.651. The molecule has 0 radical (unpaired) electrons. The Morgan fingerprint density at radius 2 is 2.10 bits per heavy atom. The van der Waals surface area contributed by atoms with E-state index in [-0.39, 0.29) is 18.1 Å². The second kappa shape index (κ2) is 8.44. The van der Waals surface area contributed by atoms with E-state index in [1.807, 2.05) is 6.07 Å². The fraction of sp³-hybridized carbons (Fsp3) is 0.400. The van der Waals surface area contributed by atoms with E-state index in [2.05, 4.69) is 25.7 Å². The second-order valence-electron chi connectivity index (χ2n) is 7.05. The van der Waals surface area contributed by atoms with Crippen molar-refractivity contribution < 1.29 is 14.6 Å². The summed E-state index contributed by atoms with van der Waals surface area (Å²) in [6.45, 7) is 2.10. The molecule has 3 aromatic rings. The van der Waals surface area contributed by atoms with Gasteiger partial charge in [0.15, 0.2) is 5.65 Å². The third-order valence-corrected chi connectivity index (χ3v) is 4.91. The molecule has 2 aromatic heterocycles. The van der Waals surface area contributed by atoms with Gasteiger partial charge in [0, 0.05) is 24.0 Å². The maximum Gasteiger partial charge on any atom is 0.338 e. The lowest BCUT2D eigenvalue weighted by Crippen LogP contribution is -2.29. The van der Waals surface area contributed by atoms with Gasteiger partial charge in [-0.25, -0.2) is 9.78 Å². The average Bonchev–Trinajstić information content (AvgIpc) is 3.13. The highest BCUT2D eigenvalue weighted by atomic mass is 16.5. The summed E-state index contributed by atoms with van der Waals surface area (Å²) in [4.78, 5) is 20.8. The lowest BCUT2D eigenvalue weighted by molar-refractivity contribution is 0.0526. The molecule has 0 atom stereocenters. The van der Waals surface area contributed by atoms with Gasteiger partial charge in [0.25, 0.3) is 0 Å². The number of rotatable bonds is 6. The number of carbonyl (C=O) groups is 1. The average molecular weight is 396 g/mol. The number of hydrogen-bond acceptors (Lipinski definition) is 8. The minimum Gasteiger partial charge on any atom is -0.462 e. The van der Waals surface area contributed by atoms with E-state index in [0.29, 0.717) is 35.4 Å². The summed E-state index contributed by atoms with van der Waals surface area (Å²) in [6, 6.07) is 9.04. The third-order valence-electron chi connectivity index (χ3n) is 4.91. The molecule has 0 amide bonds. The Bertz CT molecular complexity index is 997. The van der Waals surface area contributed by atoms with Crippen molar-refractivity contribution in [2.75, 3.05) is 17.2 Å². The van der Waals surface area contributed by atoms with Gasteiger partial charge in [0.05, 0.1) is 18.3 Å². The van der Waals surface area contributed by atoms with Gasteiger partial charge in [-0.05, 0) is 50.8 Å². The first-order chi connectivity index (χ1) is 14.1. The zero-order chi connectivity index (χ0) is 20.2. The minimum atomic E-state index is -0.368. The molecule has 1 aliphatic carbocycles. The normalized spacial score (nSPS) is 19.1. The van der Waals surface area contributed by atoms with Crippen LogP contribution in [0.15, 0.2) is 36.5 Å². The van der Waals surface area contributed by atoms with Gasteiger partial charge >= 0.3 is 5.97 Å². The van der Waals surface area contributed by atoms with Crippen molar-refractivity contribution in [3.63, 3.8) is 0 Å². The first-order valence-corrected chi connectivity index (χ1v) is 9.83. The quantitative estimate of drug-likeness (QED) is 0.545. The summed E-state index contributed by atoms with van der Waals surface area (Å²) in [5, 5.41) is 20.7. The van der Waals surface area contributed by atoms with E-state index < -0.39 is 0 Å². The zero-order valence-electron chi connectivity index (χ0n) is 16.2. The summed E-state index contributed by atoms with van der Waals surface area (Å²) in [7, 11) is 0. The highest BCUT2D eigenvalue weighted by Crippen LogP contribution is 2.22. The van der Waals surface area contributed by atoms with Crippen LogP contribution in [0.5, 0.6) is 0 Å². The van der Waals surface area contributed by atoms with Crippen molar-refractivity contribution in [2.45, 2.75) is 44.8 Å². The first-order valence-electron chi connectivity index (χ1n) is 9.83. The molecule has 4 rings (SSSR count). The Hall–Kier alpha value is -3.20. The monoisotopic (exact) mass is 396 g/mol. The largest absolute Gasteiger partial charge is 0.462 e. The summed E-state index contributed by atoms with van der Waals surface area (Å²) < 4.78 is 6.70. The number of aliphatic hydroxyl groups is 1. The molecule has 0 spiro atoms. The van der Waals surface area contributed by atoms with Gasteiger partial charge in [0.1, 0.15) is 0 Å². The van der Waals surface area contributed by atoms with E-state index in [4.69, 9.17) is 4.74 Å². The summed E-state index contributed by atoms with van der Waals surface area (Å²) in [5.41, 5.74) is 1.81. The summed E-state index contributed by atoms with van der Waals surface area (Å²) >= 11 is 0. The molecular weight excluding hydrogens is 372 g/mol. The maximum absolute atomic E-state index is 11.9. The van der Waals surface area contributed by atoms with Crippen LogP contribution in [0.25, 0.3) is 5.65 Å². The molecule has 0 saturated heterocycles. The number of hydrogen-bond donors (Lipinski definition) is 3. The molecule has 2 heterocycles. The van der Waals surface area contributed by atoms with Gasteiger partial charge in [-0.15, -0.1) is 5.10 Å². The maximum atomic E-state index is 11.9. The fourth-order valence-electron chi connectivity index (χ4n) is 3.44. The number of ether oxygens (including phenoxy) is 1. The minimum absolute atomic E-state index is 0.204. The standard InChI is InChI=1S/C20H24N6O3/c1-2-29-18(28)13-4-3-5-15(12-13)22-19-24-17-10-11-21-20(26(17)25-19)23-14-6-8-16(27)9-7-14/h3-5,10-12,14,16,27H,2,6-9H2,1H3,(H,21,23)(H,22,25). The van der Waals surface area contributed by atoms with Crippen molar-refractivity contribution in [1.29, 1.82) is 0 Å². The number of aromatic nitrogens is 4. The van der Waals surface area contributed by atoms with Crippen LogP contribution < -0.4 is 10.6 Å². The van der Waals surface area contributed by atoms with Crippen LogP contribution >= 0.6 is 0 Å². The van der Waals surface area contributed by atoms with Gasteiger partial charge in [0.2, 0.25) is 11.9 Å². The van der Waals surface area contributed by atoms with E-state index in [1.54, 1.807) is 41.9 Å². The van der Waals surface area contributed by atoms with Crippen LogP contribution in [0, 0.1) is 0 Å². The predicted molar refractivity (Wildman–Crippen MR) is 108 cm³/mol. The van der Waals surface area contributed by atoms with Gasteiger partial charge < -0.3 is 20.5 Å². The number of nitrogens with one attached hydrogen (secondary N) is 2. The van der Waals surface area contributed by atoms with E-state index in [1.165, 1.54) is 0 Å². The number of esters is 1. The SMILES string of the molecule is CCOC(=O)c1cccc(Nc2nc3ccnc(NC4CCC(O)CC4)n3n2)c1. The molecule has 3 N–H and O–H groups in total. The molecule has 0 aliphatic heterocycles. The van der Waals surface area contributed by atoms with Crippen LogP contribution in [0.2, 0.25) is 0 Å². The Balaban J connectivity index is 1.52. The highest BCUT2D eigenvalue weighted by molar-refractivity contribution is 5.90. The zero-order valence-corrected chi connectivity index (χ0v) is 16.2. The molecule has 0 bridgehead atoms. The molecule has 0 unspecified atom stereocenters. The van der Waals surface area contributed by atoms with Crippen LogP contribution in [0.4, 0.5) is 17.6 Å². The van der Waals surface area contributed by atoms with Crippen LogP contribution in [0.3, 0.4) is 0 Å². The molecule has 29 heavy (non-hydrogen) atoms. The summed E-state index contributed by atoms with van der Waals surface area (Å²) in [6.07, 6.45) is 4.84. The van der Waals surface area contributed by atoms with E-state index in [0.717, 1.165) is 25.7 Å². The Labute approximate surface area is 168 Å². The molecule has 1 fully saturated rings. The van der Waals surface area contributed by atoms with Crippen molar-refractivity contribution in [1.82, 2.24) is 19.6 Å². The van der Waals surface area contributed by atoms with E-state index >= 15 is 0 Å². The molecule has 1 aromatic carbocycles. The topological polar surface area (TPSA) is 114 Å². The fourth-order valence-corrected chi connectivity index (χ4v) is 3.44. The second-order valence-corrected chi connectivity index (χ2v) is 7.05. The predicted octanol–water partition coefficient (Wildman–Crippen LogP) is 2.76. The number of aliphatic hydroxyl groups excluding tert-OH is 1. The molecule has 152 valence electrons. The van der Waals surface area contributed by atoms with Crippen molar-refractivity contribution in [2.24, 2.45) is 0 Å². The van der Waals surface area contributed by atoms with Gasteiger partial charge in [-0.1, -0.05) is 6.07 Å². The lowest BCUT2D eigenvalue weighted by atomic mass is 9.93. The van der Waals surface area contributed by atoms with Crippen LogP contribution in [-0.2, 0) is 4.74 Å².